The van der Waals surface area contributed by atoms with Crippen LogP contribution in [-0.4, -0.2) is 12.2 Å². The minimum Gasteiger partial charge on any atom is -0.371 e. The highest BCUT2D eigenvalue weighted by molar-refractivity contribution is 5.21. The molecule has 0 radical (unpaired) electrons. The van der Waals surface area contributed by atoms with Gasteiger partial charge >= 0.3 is 0 Å². The average Bonchev–Trinajstić information content (AvgIpc) is 2.17. The number of ether oxygens (including phenoxy) is 1. The van der Waals surface area contributed by atoms with Gasteiger partial charge in [-0.1, -0.05) is 26.0 Å². The maximum Gasteiger partial charge on any atom is 0.0890 e. The van der Waals surface area contributed by atoms with Crippen molar-refractivity contribution in [1.29, 1.82) is 0 Å². The second kappa shape index (κ2) is 1.89. The largest absolute Gasteiger partial charge is 0.371 e. The first-order valence-corrected chi connectivity index (χ1v) is 4.40. The SMILES string of the molecule is CC12C=CC(CCO1)C2(C)C. The van der Waals surface area contributed by atoms with Crippen LogP contribution in [0.25, 0.3) is 0 Å². The lowest BCUT2D eigenvalue weighted by Gasteiger charge is -2.45. The quantitative estimate of drug-likeness (QED) is 0.484. The van der Waals surface area contributed by atoms with Crippen LogP contribution in [0.5, 0.6) is 0 Å². The van der Waals surface area contributed by atoms with Gasteiger partial charge in [-0.05, 0) is 19.3 Å². The Balaban J connectivity index is 2.39. The van der Waals surface area contributed by atoms with Crippen molar-refractivity contribution in [1.82, 2.24) is 0 Å². The molecule has 1 fully saturated rings. The Kier molecular flexibility index (Phi) is 1.26. The van der Waals surface area contributed by atoms with E-state index in [0.717, 1.165) is 12.5 Å². The molecule has 1 saturated heterocycles. The molecular weight excluding hydrogens is 136 g/mol. The Bertz CT molecular complexity index is 205. The zero-order valence-electron chi connectivity index (χ0n) is 7.55. The first-order valence-electron chi connectivity index (χ1n) is 4.40. The molecule has 2 unspecified atom stereocenters. The molecule has 1 aliphatic carbocycles. The molecule has 0 aromatic rings. The maximum absolute atomic E-state index is 5.78. The van der Waals surface area contributed by atoms with E-state index in [0.29, 0.717) is 5.41 Å². The second-order valence-corrected chi connectivity index (χ2v) is 4.43. The third-order valence-corrected chi connectivity index (χ3v) is 3.68. The van der Waals surface area contributed by atoms with E-state index in [1.54, 1.807) is 0 Å². The van der Waals surface area contributed by atoms with Crippen LogP contribution < -0.4 is 0 Å². The Hall–Kier alpha value is -0.300. The molecule has 2 bridgehead atoms. The van der Waals surface area contributed by atoms with Gasteiger partial charge in [0.15, 0.2) is 0 Å². The van der Waals surface area contributed by atoms with Crippen LogP contribution in [0.3, 0.4) is 0 Å². The molecular formula is C10H16O. The monoisotopic (exact) mass is 152 g/mol. The van der Waals surface area contributed by atoms with E-state index >= 15 is 0 Å². The smallest absolute Gasteiger partial charge is 0.0890 e. The molecule has 1 nitrogen and oxygen atoms in total. The van der Waals surface area contributed by atoms with Crippen LogP contribution >= 0.6 is 0 Å². The summed E-state index contributed by atoms with van der Waals surface area (Å²) in [6.07, 6.45) is 5.76. The van der Waals surface area contributed by atoms with Crippen LogP contribution in [-0.2, 0) is 4.74 Å². The van der Waals surface area contributed by atoms with Gasteiger partial charge in [-0.25, -0.2) is 0 Å². The summed E-state index contributed by atoms with van der Waals surface area (Å²) < 4.78 is 5.78. The lowest BCUT2D eigenvalue weighted by molar-refractivity contribution is -0.120. The molecule has 0 aromatic carbocycles. The van der Waals surface area contributed by atoms with Crippen LogP contribution in [0.4, 0.5) is 0 Å². The third kappa shape index (κ3) is 0.750. The minimum absolute atomic E-state index is 0.00984. The highest BCUT2D eigenvalue weighted by atomic mass is 16.5. The number of hydrogen-bond donors (Lipinski definition) is 0. The normalized spacial score (nSPS) is 46.3. The molecule has 0 aromatic heterocycles. The molecule has 0 N–H and O–H groups in total. The summed E-state index contributed by atoms with van der Waals surface area (Å²) in [5, 5.41) is 0. The predicted octanol–water partition coefficient (Wildman–Crippen LogP) is 2.38. The third-order valence-electron chi connectivity index (χ3n) is 3.68. The molecule has 0 spiro atoms. The molecule has 1 heteroatoms. The van der Waals surface area contributed by atoms with Crippen molar-refractivity contribution in [3.8, 4) is 0 Å². The van der Waals surface area contributed by atoms with E-state index in [4.69, 9.17) is 4.74 Å². The fourth-order valence-electron chi connectivity index (χ4n) is 2.21. The molecule has 2 rings (SSSR count). The summed E-state index contributed by atoms with van der Waals surface area (Å²) >= 11 is 0. The first kappa shape index (κ1) is 7.35. The van der Waals surface area contributed by atoms with E-state index in [1.165, 1.54) is 6.42 Å². The predicted molar refractivity (Wildman–Crippen MR) is 45.4 cm³/mol. The van der Waals surface area contributed by atoms with Gasteiger partial charge in [0.2, 0.25) is 0 Å². The Labute approximate surface area is 68.4 Å². The van der Waals surface area contributed by atoms with Gasteiger partial charge in [0, 0.05) is 12.0 Å². The summed E-state index contributed by atoms with van der Waals surface area (Å²) in [4.78, 5) is 0. The van der Waals surface area contributed by atoms with Gasteiger partial charge in [0.25, 0.3) is 0 Å². The number of rotatable bonds is 0. The maximum atomic E-state index is 5.78. The minimum atomic E-state index is 0.00984. The van der Waals surface area contributed by atoms with Crippen LogP contribution in [0.15, 0.2) is 12.2 Å². The van der Waals surface area contributed by atoms with Crippen molar-refractivity contribution >= 4 is 0 Å². The first-order chi connectivity index (χ1) is 5.06. The Morgan fingerprint density at radius 2 is 2.09 bits per heavy atom. The Morgan fingerprint density at radius 1 is 1.36 bits per heavy atom. The molecule has 1 heterocycles. The van der Waals surface area contributed by atoms with Crippen LogP contribution in [0.1, 0.15) is 27.2 Å². The van der Waals surface area contributed by atoms with Crippen molar-refractivity contribution in [3.05, 3.63) is 12.2 Å². The van der Waals surface area contributed by atoms with E-state index in [2.05, 4.69) is 32.9 Å². The van der Waals surface area contributed by atoms with Gasteiger partial charge in [-0.2, -0.15) is 0 Å². The Morgan fingerprint density at radius 3 is 2.64 bits per heavy atom. The number of allylic oxidation sites excluding steroid dienone is 1. The lowest BCUT2D eigenvalue weighted by atomic mass is 9.69. The van der Waals surface area contributed by atoms with Gasteiger partial charge in [-0.3, -0.25) is 0 Å². The lowest BCUT2D eigenvalue weighted by Crippen LogP contribution is -2.47. The molecule has 1 aliphatic heterocycles. The van der Waals surface area contributed by atoms with Gasteiger partial charge in [0.05, 0.1) is 5.60 Å². The highest BCUT2D eigenvalue weighted by Crippen LogP contribution is 2.51. The van der Waals surface area contributed by atoms with E-state index in [1.807, 2.05) is 0 Å². The molecule has 0 amide bonds. The summed E-state index contributed by atoms with van der Waals surface area (Å²) in [6.45, 7) is 7.73. The molecule has 11 heavy (non-hydrogen) atoms. The van der Waals surface area contributed by atoms with Crippen LogP contribution in [0.2, 0.25) is 0 Å². The molecule has 2 atom stereocenters. The molecule has 62 valence electrons. The van der Waals surface area contributed by atoms with Crippen molar-refractivity contribution in [3.63, 3.8) is 0 Å². The van der Waals surface area contributed by atoms with Gasteiger partial charge in [0.1, 0.15) is 0 Å². The second-order valence-electron chi connectivity index (χ2n) is 4.43. The zero-order chi connectivity index (χ0) is 8.11. The zero-order valence-corrected chi connectivity index (χ0v) is 7.55. The van der Waals surface area contributed by atoms with Crippen LogP contribution in [0, 0.1) is 11.3 Å². The van der Waals surface area contributed by atoms with Crippen molar-refractivity contribution in [2.24, 2.45) is 11.3 Å². The summed E-state index contributed by atoms with van der Waals surface area (Å²) in [5.41, 5.74) is 0.321. The molecule has 2 aliphatic rings. The van der Waals surface area contributed by atoms with E-state index in [9.17, 15) is 0 Å². The van der Waals surface area contributed by atoms with Crippen molar-refractivity contribution in [2.75, 3.05) is 6.61 Å². The summed E-state index contributed by atoms with van der Waals surface area (Å²) in [5.74, 6) is 0.737. The van der Waals surface area contributed by atoms with Crippen molar-refractivity contribution < 1.29 is 4.74 Å². The fourth-order valence-corrected chi connectivity index (χ4v) is 2.21. The van der Waals surface area contributed by atoms with Gasteiger partial charge < -0.3 is 4.74 Å². The number of fused-ring (bicyclic) bond motifs is 2. The summed E-state index contributed by atoms with van der Waals surface area (Å²) in [6, 6.07) is 0. The topological polar surface area (TPSA) is 9.23 Å². The fraction of sp³-hybridized carbons (Fsp3) is 0.800. The summed E-state index contributed by atoms with van der Waals surface area (Å²) in [7, 11) is 0. The molecule has 0 saturated carbocycles. The van der Waals surface area contributed by atoms with E-state index in [-0.39, 0.29) is 5.60 Å². The highest BCUT2D eigenvalue weighted by Gasteiger charge is 2.51. The number of hydrogen-bond acceptors (Lipinski definition) is 1. The van der Waals surface area contributed by atoms with Gasteiger partial charge in [-0.15, -0.1) is 0 Å². The standard InChI is InChI=1S/C10H16O/c1-9(2)8-4-6-10(9,3)11-7-5-8/h4,6,8H,5,7H2,1-3H3. The van der Waals surface area contributed by atoms with E-state index < -0.39 is 0 Å². The van der Waals surface area contributed by atoms with Crippen molar-refractivity contribution in [2.45, 2.75) is 32.8 Å². The average molecular weight is 152 g/mol.